The predicted octanol–water partition coefficient (Wildman–Crippen LogP) is -1.40. The van der Waals surface area contributed by atoms with Gasteiger partial charge in [0.2, 0.25) is 5.95 Å². The van der Waals surface area contributed by atoms with Crippen molar-refractivity contribution in [1.29, 1.82) is 0 Å². The van der Waals surface area contributed by atoms with E-state index in [2.05, 4.69) is 4.98 Å². The number of hydrogen-bond acceptors (Lipinski definition) is 6. The van der Waals surface area contributed by atoms with Gasteiger partial charge in [0.15, 0.2) is 11.2 Å². The first-order chi connectivity index (χ1) is 11.5. The summed E-state index contributed by atoms with van der Waals surface area (Å²) in [5.41, 5.74) is -0.618. The summed E-state index contributed by atoms with van der Waals surface area (Å²) in [6.45, 7) is 1.08. The van der Waals surface area contributed by atoms with Gasteiger partial charge in [-0.25, -0.2) is 9.18 Å². The Kier molecular flexibility index (Phi) is 4.41. The van der Waals surface area contributed by atoms with Crippen molar-refractivity contribution in [3.05, 3.63) is 20.8 Å². The van der Waals surface area contributed by atoms with Gasteiger partial charge in [0.25, 0.3) is 5.56 Å². The van der Waals surface area contributed by atoms with Gasteiger partial charge >= 0.3 is 5.69 Å². The number of halogens is 1. The van der Waals surface area contributed by atoms with E-state index in [-0.39, 0.29) is 17.7 Å². The van der Waals surface area contributed by atoms with Crippen molar-refractivity contribution in [2.45, 2.75) is 12.6 Å². The molecule has 1 fully saturated rings. The third kappa shape index (κ3) is 2.61. The van der Waals surface area contributed by atoms with Gasteiger partial charge in [-0.05, 0) is 0 Å². The summed E-state index contributed by atoms with van der Waals surface area (Å²) in [6, 6.07) is 0. The molecule has 0 spiro atoms. The van der Waals surface area contributed by atoms with Crippen molar-refractivity contribution in [2.75, 3.05) is 37.9 Å². The Balaban J connectivity index is 2.28. The molecular weight excluding hydrogens is 321 g/mol. The first-order valence-electron chi connectivity index (χ1n) is 7.68. The summed E-state index contributed by atoms with van der Waals surface area (Å²) < 4.78 is 21.9. The topological polar surface area (TPSA) is 94.5 Å². The van der Waals surface area contributed by atoms with Crippen LogP contribution in [0.2, 0.25) is 0 Å². The van der Waals surface area contributed by atoms with Crippen LogP contribution < -0.4 is 16.1 Å². The van der Waals surface area contributed by atoms with Crippen LogP contribution in [0.3, 0.4) is 0 Å². The highest BCUT2D eigenvalue weighted by molar-refractivity contribution is 5.74. The molecule has 3 rings (SSSR count). The fraction of sp³-hybridized carbons (Fsp3) is 0.643. The van der Waals surface area contributed by atoms with E-state index in [0.29, 0.717) is 32.3 Å². The number of morpholine rings is 1. The molecule has 0 bridgehead atoms. The normalized spacial score (nSPS) is 16.8. The van der Waals surface area contributed by atoms with E-state index in [0.717, 1.165) is 4.57 Å². The lowest BCUT2D eigenvalue weighted by molar-refractivity contribution is 0.116. The number of nitrogens with zero attached hydrogens (tertiary/aromatic N) is 5. The van der Waals surface area contributed by atoms with Gasteiger partial charge in [0.05, 0.1) is 19.8 Å². The minimum Gasteiger partial charge on any atom is -0.389 e. The highest BCUT2D eigenvalue weighted by Gasteiger charge is 2.25. The van der Waals surface area contributed by atoms with Crippen LogP contribution in [0.15, 0.2) is 9.59 Å². The van der Waals surface area contributed by atoms with Crippen molar-refractivity contribution >= 4 is 17.1 Å². The summed E-state index contributed by atoms with van der Waals surface area (Å²) in [4.78, 5) is 31.0. The first kappa shape index (κ1) is 16.7. The molecule has 2 aromatic heterocycles. The summed E-state index contributed by atoms with van der Waals surface area (Å²) in [6.07, 6.45) is -1.26. The molecule has 1 atom stereocenters. The van der Waals surface area contributed by atoms with Crippen molar-refractivity contribution in [2.24, 2.45) is 14.1 Å². The summed E-state index contributed by atoms with van der Waals surface area (Å²) in [7, 11) is 2.90. The molecule has 1 N–H and O–H groups in total. The van der Waals surface area contributed by atoms with Crippen LogP contribution in [-0.2, 0) is 25.4 Å². The van der Waals surface area contributed by atoms with E-state index in [9.17, 15) is 19.1 Å². The fourth-order valence-corrected chi connectivity index (χ4v) is 2.87. The number of fused-ring (bicyclic) bond motifs is 1. The molecule has 0 amide bonds. The standard InChI is InChI=1S/C14H20FN5O4/c1-17-11-10(12(22)18(2)14(17)23)20(8-9(21)7-15)13(16-11)19-3-5-24-6-4-19/h9,21H,3-8H2,1-2H3/t9-/m0/s1. The number of imidazole rings is 1. The van der Waals surface area contributed by atoms with Crippen LogP contribution >= 0.6 is 0 Å². The van der Waals surface area contributed by atoms with E-state index in [1.165, 1.54) is 23.2 Å². The lowest BCUT2D eigenvalue weighted by atomic mass is 10.3. The Bertz CT molecular complexity index is 865. The maximum absolute atomic E-state index is 12.8. The third-order valence-corrected chi connectivity index (χ3v) is 4.19. The predicted molar refractivity (Wildman–Crippen MR) is 85.2 cm³/mol. The SMILES string of the molecule is Cn1c(=O)c2c(nc(N3CCOCC3)n2C[C@@H](O)CF)n(C)c1=O. The van der Waals surface area contributed by atoms with Gasteiger partial charge < -0.3 is 19.3 Å². The Morgan fingerprint density at radius 3 is 2.54 bits per heavy atom. The number of aryl methyl sites for hydroxylation is 1. The molecule has 0 radical (unpaired) electrons. The second-order valence-corrected chi connectivity index (χ2v) is 5.81. The molecule has 0 unspecified atom stereocenters. The summed E-state index contributed by atoms with van der Waals surface area (Å²) in [5, 5.41) is 9.75. The molecule has 0 aliphatic carbocycles. The second kappa shape index (κ2) is 6.36. The minimum atomic E-state index is -1.26. The van der Waals surface area contributed by atoms with Crippen molar-refractivity contribution in [1.82, 2.24) is 18.7 Å². The fourth-order valence-electron chi connectivity index (χ4n) is 2.87. The van der Waals surface area contributed by atoms with Crippen LogP contribution in [0.5, 0.6) is 0 Å². The van der Waals surface area contributed by atoms with Crippen molar-refractivity contribution in [3.8, 4) is 0 Å². The zero-order valence-electron chi connectivity index (χ0n) is 13.6. The molecule has 0 saturated carbocycles. The van der Waals surface area contributed by atoms with Gasteiger partial charge in [0.1, 0.15) is 12.8 Å². The van der Waals surface area contributed by atoms with Gasteiger partial charge in [-0.1, -0.05) is 0 Å². The van der Waals surface area contributed by atoms with Crippen LogP contribution in [0, 0.1) is 0 Å². The van der Waals surface area contributed by atoms with Crippen molar-refractivity contribution < 1.29 is 14.2 Å². The van der Waals surface area contributed by atoms with Gasteiger partial charge in [-0.15, -0.1) is 0 Å². The molecule has 9 nitrogen and oxygen atoms in total. The molecule has 1 aliphatic rings. The van der Waals surface area contributed by atoms with Crippen molar-refractivity contribution in [3.63, 3.8) is 0 Å². The molecule has 3 heterocycles. The molecule has 1 saturated heterocycles. The lowest BCUT2D eigenvalue weighted by Crippen LogP contribution is -2.39. The molecule has 132 valence electrons. The van der Waals surface area contributed by atoms with E-state index in [1.807, 2.05) is 4.90 Å². The monoisotopic (exact) mass is 341 g/mol. The molecule has 0 aromatic carbocycles. The molecular formula is C14H20FN5O4. The maximum Gasteiger partial charge on any atom is 0.332 e. The number of alkyl halides is 1. The van der Waals surface area contributed by atoms with Crippen LogP contribution in [-0.4, -0.2) is 62.9 Å². The van der Waals surface area contributed by atoms with Crippen LogP contribution in [0.1, 0.15) is 0 Å². The Labute approximate surface area is 136 Å². The van der Waals surface area contributed by atoms with E-state index < -0.39 is 24.0 Å². The lowest BCUT2D eigenvalue weighted by Gasteiger charge is -2.28. The highest BCUT2D eigenvalue weighted by Crippen LogP contribution is 2.21. The van der Waals surface area contributed by atoms with E-state index >= 15 is 0 Å². The van der Waals surface area contributed by atoms with E-state index in [1.54, 1.807) is 0 Å². The van der Waals surface area contributed by atoms with Gasteiger partial charge in [-0.2, -0.15) is 4.98 Å². The zero-order chi connectivity index (χ0) is 17.4. The molecule has 24 heavy (non-hydrogen) atoms. The third-order valence-electron chi connectivity index (χ3n) is 4.19. The molecule has 2 aromatic rings. The second-order valence-electron chi connectivity index (χ2n) is 5.81. The Morgan fingerprint density at radius 2 is 1.92 bits per heavy atom. The number of ether oxygens (including phenoxy) is 1. The van der Waals surface area contributed by atoms with Gasteiger partial charge in [0, 0.05) is 27.2 Å². The number of anilines is 1. The van der Waals surface area contributed by atoms with E-state index in [4.69, 9.17) is 4.74 Å². The number of aliphatic hydroxyl groups is 1. The summed E-state index contributed by atoms with van der Waals surface area (Å²) >= 11 is 0. The van der Waals surface area contributed by atoms with Crippen LogP contribution in [0.25, 0.3) is 11.2 Å². The zero-order valence-corrected chi connectivity index (χ0v) is 13.6. The average Bonchev–Trinajstić information content (AvgIpc) is 2.98. The highest BCUT2D eigenvalue weighted by atomic mass is 19.1. The number of aliphatic hydroxyl groups excluding tert-OH is 1. The summed E-state index contributed by atoms with van der Waals surface area (Å²) in [5.74, 6) is 0.430. The van der Waals surface area contributed by atoms with Gasteiger partial charge in [-0.3, -0.25) is 13.9 Å². The number of hydrogen-bond donors (Lipinski definition) is 1. The minimum absolute atomic E-state index is 0.118. The van der Waals surface area contributed by atoms with Crippen LogP contribution in [0.4, 0.5) is 10.3 Å². The first-order valence-corrected chi connectivity index (χ1v) is 7.68. The largest absolute Gasteiger partial charge is 0.389 e. The maximum atomic E-state index is 12.8. The molecule has 1 aliphatic heterocycles. The Hall–Kier alpha value is -2.20. The Morgan fingerprint density at radius 1 is 1.25 bits per heavy atom. The number of aromatic nitrogens is 4. The molecule has 10 heteroatoms. The number of rotatable bonds is 4. The average molecular weight is 341 g/mol. The quantitative estimate of drug-likeness (QED) is 0.735. The smallest absolute Gasteiger partial charge is 0.332 e.